The highest BCUT2D eigenvalue weighted by Gasteiger charge is 2.23. The van der Waals surface area contributed by atoms with Crippen LogP contribution in [0, 0.1) is 0 Å². The lowest BCUT2D eigenvalue weighted by atomic mass is 10.0. The number of rotatable bonds is 8. The molecule has 0 aliphatic heterocycles. The zero-order chi connectivity index (χ0) is 36.6. The van der Waals surface area contributed by atoms with Crippen LogP contribution in [0.15, 0.2) is 218 Å². The third-order valence-corrected chi connectivity index (χ3v) is 11.7. The van der Waals surface area contributed by atoms with Crippen LogP contribution in [0.25, 0.3) is 53.2 Å². The fraction of sp³-hybridized carbons (Fsp3) is 0. The Bertz CT molecular complexity index is 2920. The number of hydrogen-bond acceptors (Lipinski definition) is 3. The summed E-state index contributed by atoms with van der Waals surface area (Å²) in [6.07, 6.45) is 0. The van der Waals surface area contributed by atoms with Crippen LogP contribution >= 0.6 is 11.3 Å². The molecule has 0 amide bonds. The Balaban J connectivity index is 1.28. The fourth-order valence-corrected chi connectivity index (χ4v) is 9.13. The van der Waals surface area contributed by atoms with Crippen LogP contribution < -0.4 is 9.80 Å². The summed E-state index contributed by atoms with van der Waals surface area (Å²) in [5.41, 5.74) is 11.4. The van der Waals surface area contributed by atoms with Gasteiger partial charge in [0.2, 0.25) is 0 Å². The van der Waals surface area contributed by atoms with Crippen molar-refractivity contribution in [2.24, 2.45) is 0 Å². The molecule has 10 aromatic rings. The van der Waals surface area contributed by atoms with Gasteiger partial charge in [0, 0.05) is 43.9 Å². The molecule has 0 atom stereocenters. The minimum absolute atomic E-state index is 1.09. The SMILES string of the molecule is c1ccc(-c2cccc(N(c3ccccc3)c3cc(N(c4ccccc4)c4cccc(-c5ccccc5)c4)c4sc5c6ccccc6ccc5c4c3)c2)cc1. The first kappa shape index (κ1) is 32.7. The normalized spacial score (nSPS) is 11.3. The van der Waals surface area contributed by atoms with E-state index < -0.39 is 0 Å². The van der Waals surface area contributed by atoms with Crippen LogP contribution in [-0.2, 0) is 0 Å². The molecule has 0 saturated carbocycles. The molecule has 1 heterocycles. The second-order valence-electron chi connectivity index (χ2n) is 13.8. The molecule has 0 saturated heterocycles. The Kier molecular flexibility index (Phi) is 8.40. The maximum atomic E-state index is 2.44. The Labute approximate surface area is 325 Å². The van der Waals surface area contributed by atoms with Gasteiger partial charge in [0.15, 0.2) is 0 Å². The van der Waals surface area contributed by atoms with Crippen molar-refractivity contribution in [2.45, 2.75) is 0 Å². The smallest absolute Gasteiger partial charge is 0.0661 e. The molecule has 2 nitrogen and oxygen atoms in total. The van der Waals surface area contributed by atoms with Gasteiger partial charge >= 0.3 is 0 Å². The number of thiophene rings is 1. The average Bonchev–Trinajstić information content (AvgIpc) is 3.65. The summed E-state index contributed by atoms with van der Waals surface area (Å²) in [5, 5.41) is 5.03. The number of anilines is 6. The van der Waals surface area contributed by atoms with E-state index in [2.05, 4.69) is 228 Å². The highest BCUT2D eigenvalue weighted by Crippen LogP contribution is 2.50. The van der Waals surface area contributed by atoms with E-state index >= 15 is 0 Å². The van der Waals surface area contributed by atoms with E-state index in [1.54, 1.807) is 0 Å². The standard InChI is InChI=1S/C52H36N2S/c1-5-17-37(18-6-1)40-22-15-28-44(33-40)53(42-24-9-3-10-25-42)46-35-49-48-32-31-39-21-13-14-30-47(39)51(48)55-52(49)50(36-46)54(43-26-11-4-12-27-43)45-29-16-23-41(34-45)38-19-7-2-8-20-38/h1-36H. The van der Waals surface area contributed by atoms with Gasteiger partial charge < -0.3 is 9.80 Å². The van der Waals surface area contributed by atoms with Gasteiger partial charge in [-0.3, -0.25) is 0 Å². The third kappa shape index (κ3) is 6.11. The van der Waals surface area contributed by atoms with Crippen LogP contribution in [0.2, 0.25) is 0 Å². The van der Waals surface area contributed by atoms with Crippen molar-refractivity contribution >= 4 is 76.4 Å². The first-order valence-electron chi connectivity index (χ1n) is 18.7. The zero-order valence-electron chi connectivity index (χ0n) is 30.1. The lowest BCUT2D eigenvalue weighted by Crippen LogP contribution is -2.13. The Morgan fingerprint density at radius 3 is 1.38 bits per heavy atom. The third-order valence-electron chi connectivity index (χ3n) is 10.4. The largest absolute Gasteiger partial charge is 0.310 e. The summed E-state index contributed by atoms with van der Waals surface area (Å²) in [5.74, 6) is 0. The van der Waals surface area contributed by atoms with Crippen molar-refractivity contribution in [3.05, 3.63) is 218 Å². The first-order valence-corrected chi connectivity index (χ1v) is 19.5. The van der Waals surface area contributed by atoms with E-state index in [1.807, 2.05) is 11.3 Å². The molecule has 0 bridgehead atoms. The molecule has 9 aromatic carbocycles. The van der Waals surface area contributed by atoms with Crippen LogP contribution in [0.1, 0.15) is 0 Å². The Hall–Kier alpha value is -6.94. The van der Waals surface area contributed by atoms with Gasteiger partial charge in [0.1, 0.15) is 0 Å². The summed E-state index contributed by atoms with van der Waals surface area (Å²) in [7, 11) is 0. The first-order chi connectivity index (χ1) is 27.3. The summed E-state index contributed by atoms with van der Waals surface area (Å²) in [4.78, 5) is 4.85. The molecule has 0 aliphatic carbocycles. The Morgan fingerprint density at radius 1 is 0.273 bits per heavy atom. The quantitative estimate of drug-likeness (QED) is 0.154. The van der Waals surface area contributed by atoms with Crippen molar-refractivity contribution in [3.63, 3.8) is 0 Å². The molecule has 0 spiro atoms. The molecule has 0 N–H and O–H groups in total. The van der Waals surface area contributed by atoms with Crippen LogP contribution in [0.3, 0.4) is 0 Å². The van der Waals surface area contributed by atoms with Crippen LogP contribution in [0.5, 0.6) is 0 Å². The predicted molar refractivity (Wildman–Crippen MR) is 237 cm³/mol. The van der Waals surface area contributed by atoms with Crippen molar-refractivity contribution < 1.29 is 0 Å². The lowest BCUT2D eigenvalue weighted by Gasteiger charge is -2.30. The highest BCUT2D eigenvalue weighted by atomic mass is 32.1. The van der Waals surface area contributed by atoms with E-state index in [-0.39, 0.29) is 0 Å². The van der Waals surface area contributed by atoms with Gasteiger partial charge in [-0.1, -0.05) is 158 Å². The van der Waals surface area contributed by atoms with E-state index in [4.69, 9.17) is 0 Å². The van der Waals surface area contributed by atoms with Crippen LogP contribution in [-0.4, -0.2) is 0 Å². The van der Waals surface area contributed by atoms with Gasteiger partial charge in [0.05, 0.1) is 10.4 Å². The second-order valence-corrected chi connectivity index (χ2v) is 14.8. The lowest BCUT2D eigenvalue weighted by molar-refractivity contribution is 1.26. The number of nitrogens with zero attached hydrogens (tertiary/aromatic N) is 2. The van der Waals surface area contributed by atoms with Crippen molar-refractivity contribution in [3.8, 4) is 22.3 Å². The molecule has 0 fully saturated rings. The molecule has 55 heavy (non-hydrogen) atoms. The minimum atomic E-state index is 1.09. The van der Waals surface area contributed by atoms with Gasteiger partial charge in [0.25, 0.3) is 0 Å². The summed E-state index contributed by atoms with van der Waals surface area (Å²) in [6, 6.07) is 78.8. The molecular formula is C52H36N2S. The second kappa shape index (κ2) is 14.1. The molecule has 0 aliphatic rings. The molecule has 0 radical (unpaired) electrons. The summed E-state index contributed by atoms with van der Waals surface area (Å²) in [6.45, 7) is 0. The minimum Gasteiger partial charge on any atom is -0.310 e. The van der Waals surface area contributed by atoms with Gasteiger partial charge in [-0.25, -0.2) is 0 Å². The average molecular weight is 721 g/mol. The topological polar surface area (TPSA) is 6.48 Å². The number of fused-ring (bicyclic) bond motifs is 5. The van der Waals surface area contributed by atoms with E-state index in [0.717, 1.165) is 34.1 Å². The van der Waals surface area contributed by atoms with Gasteiger partial charge in [-0.15, -0.1) is 11.3 Å². The van der Waals surface area contributed by atoms with E-state index in [1.165, 1.54) is 53.2 Å². The van der Waals surface area contributed by atoms with Crippen LogP contribution in [0.4, 0.5) is 34.1 Å². The molecule has 1 aromatic heterocycles. The monoisotopic (exact) mass is 720 g/mol. The summed E-state index contributed by atoms with van der Waals surface area (Å²) >= 11 is 1.89. The molecule has 10 rings (SSSR count). The Morgan fingerprint density at radius 2 is 0.764 bits per heavy atom. The van der Waals surface area contributed by atoms with Crippen molar-refractivity contribution in [1.82, 2.24) is 0 Å². The molecular weight excluding hydrogens is 685 g/mol. The maximum Gasteiger partial charge on any atom is 0.0661 e. The number of hydrogen-bond donors (Lipinski definition) is 0. The predicted octanol–water partition coefficient (Wildman–Crippen LogP) is 15.5. The number of para-hydroxylation sites is 2. The van der Waals surface area contributed by atoms with E-state index in [9.17, 15) is 0 Å². The van der Waals surface area contributed by atoms with E-state index in [0.29, 0.717) is 0 Å². The molecule has 0 unspecified atom stereocenters. The molecule has 260 valence electrons. The van der Waals surface area contributed by atoms with Gasteiger partial charge in [-0.05, 0) is 93.7 Å². The number of benzene rings is 9. The zero-order valence-corrected chi connectivity index (χ0v) is 30.9. The van der Waals surface area contributed by atoms with Gasteiger partial charge in [-0.2, -0.15) is 0 Å². The molecule has 3 heteroatoms. The fourth-order valence-electron chi connectivity index (χ4n) is 7.81. The summed E-state index contributed by atoms with van der Waals surface area (Å²) < 4.78 is 2.55. The van der Waals surface area contributed by atoms with Crippen molar-refractivity contribution in [2.75, 3.05) is 9.80 Å². The maximum absolute atomic E-state index is 2.44. The van der Waals surface area contributed by atoms with Crippen molar-refractivity contribution in [1.29, 1.82) is 0 Å². The highest BCUT2D eigenvalue weighted by molar-refractivity contribution is 7.27.